The Labute approximate surface area is 89.1 Å². The minimum Gasteiger partial charge on any atom is -0.312 e. The van der Waals surface area contributed by atoms with Gasteiger partial charge in [-0.05, 0) is 31.8 Å². The van der Waals surface area contributed by atoms with Crippen LogP contribution in [0.3, 0.4) is 0 Å². The first-order valence-electron chi connectivity index (χ1n) is 6.05. The summed E-state index contributed by atoms with van der Waals surface area (Å²) in [6.45, 7) is 10.6. The van der Waals surface area contributed by atoms with Crippen molar-refractivity contribution in [3.63, 3.8) is 0 Å². The van der Waals surface area contributed by atoms with Crippen molar-refractivity contribution >= 4 is 0 Å². The fourth-order valence-corrected chi connectivity index (χ4v) is 2.21. The molecule has 0 spiro atoms. The van der Waals surface area contributed by atoms with E-state index in [1.165, 1.54) is 32.5 Å². The Bertz CT molecular complexity index is 158. The number of nitrogens with zero attached hydrogens (tertiary/aromatic N) is 1. The highest BCUT2D eigenvalue weighted by Crippen LogP contribution is 2.15. The van der Waals surface area contributed by atoms with Gasteiger partial charge in [-0.1, -0.05) is 27.2 Å². The summed E-state index contributed by atoms with van der Waals surface area (Å²) >= 11 is 0. The summed E-state index contributed by atoms with van der Waals surface area (Å²) in [5.74, 6) is 1.69. The van der Waals surface area contributed by atoms with Crippen LogP contribution in [0.4, 0.5) is 0 Å². The fourth-order valence-electron chi connectivity index (χ4n) is 2.21. The molecular formula is C12H26N2. The monoisotopic (exact) mass is 198 g/mol. The van der Waals surface area contributed by atoms with Gasteiger partial charge < -0.3 is 10.2 Å². The van der Waals surface area contributed by atoms with Crippen LogP contribution >= 0.6 is 0 Å². The molecule has 2 nitrogen and oxygen atoms in total. The van der Waals surface area contributed by atoms with E-state index in [-0.39, 0.29) is 0 Å². The smallest absolute Gasteiger partial charge is 0.0220 e. The molecule has 14 heavy (non-hydrogen) atoms. The minimum atomic E-state index is 0.726. The van der Waals surface area contributed by atoms with Gasteiger partial charge in [0.1, 0.15) is 0 Å². The highest BCUT2D eigenvalue weighted by atomic mass is 15.1. The molecule has 0 bridgehead atoms. The number of rotatable bonds is 5. The van der Waals surface area contributed by atoms with Gasteiger partial charge in [0.2, 0.25) is 0 Å². The van der Waals surface area contributed by atoms with E-state index in [1.807, 2.05) is 0 Å². The zero-order chi connectivity index (χ0) is 10.6. The molecule has 0 radical (unpaired) electrons. The summed E-state index contributed by atoms with van der Waals surface area (Å²) in [6.07, 6.45) is 2.64. The van der Waals surface area contributed by atoms with E-state index in [9.17, 15) is 0 Å². The minimum absolute atomic E-state index is 0.726. The number of nitrogens with one attached hydrogen (secondary N) is 1. The van der Waals surface area contributed by atoms with Gasteiger partial charge in [-0.25, -0.2) is 0 Å². The third-order valence-corrected chi connectivity index (χ3v) is 3.52. The molecule has 0 aromatic carbocycles. The van der Waals surface area contributed by atoms with Gasteiger partial charge in [-0.3, -0.25) is 0 Å². The van der Waals surface area contributed by atoms with Crippen LogP contribution in [-0.4, -0.2) is 37.6 Å². The third kappa shape index (κ3) is 3.58. The van der Waals surface area contributed by atoms with Crippen molar-refractivity contribution in [2.45, 2.75) is 39.7 Å². The lowest BCUT2D eigenvalue weighted by molar-refractivity contribution is 0.244. The highest BCUT2D eigenvalue weighted by molar-refractivity contribution is 4.83. The molecule has 1 heterocycles. The van der Waals surface area contributed by atoms with Crippen LogP contribution in [0.15, 0.2) is 0 Å². The Morgan fingerprint density at radius 3 is 2.71 bits per heavy atom. The lowest BCUT2D eigenvalue weighted by Crippen LogP contribution is -2.39. The molecule has 0 aromatic heterocycles. The van der Waals surface area contributed by atoms with Crippen LogP contribution in [-0.2, 0) is 0 Å². The first kappa shape index (κ1) is 12.0. The zero-order valence-corrected chi connectivity index (χ0v) is 10.2. The van der Waals surface area contributed by atoms with Crippen molar-refractivity contribution in [3.8, 4) is 0 Å². The topological polar surface area (TPSA) is 15.3 Å². The maximum absolute atomic E-state index is 3.59. The Kier molecular flexibility index (Phi) is 4.90. The van der Waals surface area contributed by atoms with Gasteiger partial charge >= 0.3 is 0 Å². The molecule has 1 rings (SSSR count). The molecule has 1 saturated heterocycles. The predicted octanol–water partition coefficient (Wildman–Crippen LogP) is 1.96. The molecule has 3 unspecified atom stereocenters. The standard InChI is InChI=1S/C12H26N2/c1-5-10(2)8-14(4)9-12-11(3)6-7-13-12/h10-13H,5-9H2,1-4H3. The van der Waals surface area contributed by atoms with Crippen molar-refractivity contribution in [2.24, 2.45) is 11.8 Å². The molecule has 1 N–H and O–H groups in total. The Balaban J connectivity index is 2.22. The second kappa shape index (κ2) is 5.72. The maximum Gasteiger partial charge on any atom is 0.0220 e. The number of likely N-dealkylation sites (N-methyl/N-ethyl adjacent to an activating group) is 1. The Morgan fingerprint density at radius 1 is 1.50 bits per heavy atom. The molecule has 84 valence electrons. The SMILES string of the molecule is CCC(C)CN(C)CC1NCCC1C. The zero-order valence-electron chi connectivity index (χ0n) is 10.2. The summed E-state index contributed by atoms with van der Waals surface area (Å²) in [6, 6.07) is 0.726. The second-order valence-corrected chi connectivity index (χ2v) is 5.06. The van der Waals surface area contributed by atoms with Gasteiger partial charge in [-0.2, -0.15) is 0 Å². The van der Waals surface area contributed by atoms with E-state index < -0.39 is 0 Å². The van der Waals surface area contributed by atoms with Gasteiger partial charge in [0, 0.05) is 19.1 Å². The van der Waals surface area contributed by atoms with Crippen molar-refractivity contribution in [2.75, 3.05) is 26.7 Å². The normalized spacial score (nSPS) is 29.8. The van der Waals surface area contributed by atoms with Crippen LogP contribution < -0.4 is 5.32 Å². The third-order valence-electron chi connectivity index (χ3n) is 3.52. The van der Waals surface area contributed by atoms with Gasteiger partial charge in [0.25, 0.3) is 0 Å². The van der Waals surface area contributed by atoms with Crippen molar-refractivity contribution < 1.29 is 0 Å². The lowest BCUT2D eigenvalue weighted by atomic mass is 10.0. The summed E-state index contributed by atoms with van der Waals surface area (Å²) in [7, 11) is 2.25. The van der Waals surface area contributed by atoms with Gasteiger partial charge in [-0.15, -0.1) is 0 Å². The maximum atomic E-state index is 3.59. The summed E-state index contributed by atoms with van der Waals surface area (Å²) in [5.41, 5.74) is 0. The van der Waals surface area contributed by atoms with E-state index in [1.54, 1.807) is 0 Å². The first-order chi connectivity index (χ1) is 6.63. The molecule has 0 aromatic rings. The van der Waals surface area contributed by atoms with Crippen LogP contribution in [0.1, 0.15) is 33.6 Å². The van der Waals surface area contributed by atoms with Crippen LogP contribution in [0.5, 0.6) is 0 Å². The van der Waals surface area contributed by atoms with E-state index in [0.717, 1.165) is 17.9 Å². The van der Waals surface area contributed by atoms with Crippen molar-refractivity contribution in [1.29, 1.82) is 0 Å². The Morgan fingerprint density at radius 2 is 2.21 bits per heavy atom. The van der Waals surface area contributed by atoms with Gasteiger partial charge in [0.05, 0.1) is 0 Å². The van der Waals surface area contributed by atoms with E-state index in [2.05, 4.69) is 38.0 Å². The van der Waals surface area contributed by atoms with Crippen LogP contribution in [0.25, 0.3) is 0 Å². The largest absolute Gasteiger partial charge is 0.312 e. The average molecular weight is 198 g/mol. The van der Waals surface area contributed by atoms with E-state index in [0.29, 0.717) is 0 Å². The fraction of sp³-hybridized carbons (Fsp3) is 1.00. The van der Waals surface area contributed by atoms with Gasteiger partial charge in [0.15, 0.2) is 0 Å². The molecule has 0 aliphatic carbocycles. The van der Waals surface area contributed by atoms with Crippen molar-refractivity contribution in [1.82, 2.24) is 10.2 Å². The summed E-state index contributed by atoms with van der Waals surface area (Å²) in [5, 5.41) is 3.59. The molecule has 1 fully saturated rings. The molecule has 1 aliphatic heterocycles. The molecule has 1 aliphatic rings. The Hall–Kier alpha value is -0.0800. The molecular weight excluding hydrogens is 172 g/mol. The number of hydrogen-bond acceptors (Lipinski definition) is 2. The predicted molar refractivity (Wildman–Crippen MR) is 62.5 cm³/mol. The van der Waals surface area contributed by atoms with Crippen LogP contribution in [0, 0.1) is 11.8 Å². The molecule has 2 heteroatoms. The number of hydrogen-bond donors (Lipinski definition) is 1. The quantitative estimate of drug-likeness (QED) is 0.726. The summed E-state index contributed by atoms with van der Waals surface area (Å²) in [4.78, 5) is 2.48. The molecule has 0 amide bonds. The highest BCUT2D eigenvalue weighted by Gasteiger charge is 2.23. The van der Waals surface area contributed by atoms with E-state index >= 15 is 0 Å². The van der Waals surface area contributed by atoms with E-state index in [4.69, 9.17) is 0 Å². The summed E-state index contributed by atoms with van der Waals surface area (Å²) < 4.78 is 0. The first-order valence-corrected chi connectivity index (χ1v) is 6.05. The lowest BCUT2D eigenvalue weighted by Gasteiger charge is -2.25. The second-order valence-electron chi connectivity index (χ2n) is 5.06. The molecule has 0 saturated carbocycles. The molecule has 3 atom stereocenters. The van der Waals surface area contributed by atoms with Crippen LogP contribution in [0.2, 0.25) is 0 Å². The average Bonchev–Trinajstić information content (AvgIpc) is 2.51. The van der Waals surface area contributed by atoms with Crippen molar-refractivity contribution in [3.05, 3.63) is 0 Å².